The number of hydrogen-bond donors (Lipinski definition) is 6. The van der Waals surface area contributed by atoms with E-state index in [4.69, 9.17) is 22.1 Å². The number of unbranched alkanes of at least 4 members (excludes halogenated alkanes) is 1. The molecule has 1 aliphatic carbocycles. The summed E-state index contributed by atoms with van der Waals surface area (Å²) in [5.74, 6) is -2.55. The molecule has 0 spiro atoms. The summed E-state index contributed by atoms with van der Waals surface area (Å²) in [6.07, 6.45) is 4.36. The molecule has 2 atom stereocenters. The van der Waals surface area contributed by atoms with Gasteiger partial charge in [0, 0.05) is 29.6 Å². The van der Waals surface area contributed by atoms with Crippen LogP contribution in [0.25, 0.3) is 22.3 Å². The van der Waals surface area contributed by atoms with Crippen LogP contribution in [0.2, 0.25) is 5.02 Å². The first kappa shape index (κ1) is 47.0. The van der Waals surface area contributed by atoms with Crippen LogP contribution in [0.1, 0.15) is 78.5 Å². The molecular formula is C47H55ClN6O8. The Bertz CT molecular complexity index is 2230. The van der Waals surface area contributed by atoms with E-state index in [1.54, 1.807) is 54.6 Å². The van der Waals surface area contributed by atoms with Crippen LogP contribution in [0.15, 0.2) is 84.9 Å². The number of carbonyl (C=O) groups excluding carboxylic acids is 6. The molecule has 15 heteroatoms. The SMILES string of the molecule is CC(=O)CNC(=O)C1Cc2ccc(OCCO)c(c2)-c2cc(ccc2C2CC2)C(N(C)C(=O)CNC(=O)c2ccc(-c3ccc(Cl)cc3)cc2)C(=O)NCC(=O)N1.CCCCN. The molecule has 6 rings (SSSR count). The minimum Gasteiger partial charge on any atom is -0.491 e. The maximum atomic E-state index is 14.1. The summed E-state index contributed by atoms with van der Waals surface area (Å²) < 4.78 is 5.98. The second kappa shape index (κ2) is 22.7. The largest absolute Gasteiger partial charge is 0.491 e. The third kappa shape index (κ3) is 13.0. The van der Waals surface area contributed by atoms with Gasteiger partial charge in [-0.05, 0) is 114 Å². The number of rotatable bonds is 14. The number of carbonyl (C=O) groups is 6. The average molecular weight is 867 g/mol. The number of aliphatic hydroxyl groups is 1. The molecule has 4 aromatic carbocycles. The minimum absolute atomic E-state index is 0.0113. The summed E-state index contributed by atoms with van der Waals surface area (Å²) in [5.41, 5.74) is 10.8. The zero-order valence-corrected chi connectivity index (χ0v) is 36.1. The number of ether oxygens (including phenoxy) is 1. The van der Waals surface area contributed by atoms with Gasteiger partial charge in [-0.2, -0.15) is 0 Å². The molecule has 1 heterocycles. The fraction of sp³-hybridized carbons (Fsp3) is 0.362. The number of fused-ring (bicyclic) bond motifs is 5. The van der Waals surface area contributed by atoms with Crippen molar-refractivity contribution in [2.45, 2.75) is 64.0 Å². The fourth-order valence-electron chi connectivity index (χ4n) is 6.95. The molecule has 4 bridgehead atoms. The van der Waals surface area contributed by atoms with E-state index in [9.17, 15) is 33.9 Å². The molecule has 2 aliphatic rings. The Morgan fingerprint density at radius 2 is 1.60 bits per heavy atom. The fourth-order valence-corrected chi connectivity index (χ4v) is 7.08. The Kier molecular flexibility index (Phi) is 17.2. The number of halogens is 1. The van der Waals surface area contributed by atoms with Gasteiger partial charge < -0.3 is 41.7 Å². The molecule has 0 aromatic heterocycles. The maximum Gasteiger partial charge on any atom is 0.251 e. The van der Waals surface area contributed by atoms with Crippen LogP contribution in [0.3, 0.4) is 0 Å². The van der Waals surface area contributed by atoms with Crippen molar-refractivity contribution in [2.24, 2.45) is 5.73 Å². The predicted molar refractivity (Wildman–Crippen MR) is 237 cm³/mol. The van der Waals surface area contributed by atoms with Crippen LogP contribution in [0.5, 0.6) is 5.75 Å². The van der Waals surface area contributed by atoms with Crippen molar-refractivity contribution >= 4 is 46.9 Å². The number of nitrogens with zero attached hydrogens (tertiary/aromatic N) is 1. The topological polar surface area (TPSA) is 209 Å². The third-order valence-corrected chi connectivity index (χ3v) is 10.7. The number of aliphatic hydroxyl groups excluding tert-OH is 1. The summed E-state index contributed by atoms with van der Waals surface area (Å²) >= 11 is 6.01. The first-order chi connectivity index (χ1) is 29.8. The molecule has 328 valence electrons. The van der Waals surface area contributed by atoms with Gasteiger partial charge in [0.15, 0.2) is 0 Å². The Labute approximate surface area is 366 Å². The smallest absolute Gasteiger partial charge is 0.251 e. The van der Waals surface area contributed by atoms with E-state index >= 15 is 0 Å². The monoisotopic (exact) mass is 866 g/mol. The summed E-state index contributed by atoms with van der Waals surface area (Å²) in [6.45, 7) is 2.92. The highest BCUT2D eigenvalue weighted by atomic mass is 35.5. The Morgan fingerprint density at radius 1 is 0.903 bits per heavy atom. The summed E-state index contributed by atoms with van der Waals surface area (Å²) in [6, 6.07) is 22.7. The van der Waals surface area contributed by atoms with Gasteiger partial charge in [0.2, 0.25) is 23.6 Å². The van der Waals surface area contributed by atoms with Crippen LogP contribution in [-0.4, -0.2) is 97.8 Å². The first-order valence-electron chi connectivity index (χ1n) is 20.8. The lowest BCUT2D eigenvalue weighted by Crippen LogP contribution is -2.52. The van der Waals surface area contributed by atoms with E-state index in [1.165, 1.54) is 31.7 Å². The van der Waals surface area contributed by atoms with E-state index in [1.807, 2.05) is 30.3 Å². The van der Waals surface area contributed by atoms with E-state index < -0.39 is 54.7 Å². The normalized spacial score (nSPS) is 16.0. The number of hydrogen-bond acceptors (Lipinski definition) is 9. The number of ketones is 1. The molecule has 14 nitrogen and oxygen atoms in total. The standard InChI is InChI=1S/C43H44ClN5O8.C4H11N/c1-25(51)22-45-42(55)36-20-26-3-16-37(57-18-17-50)35(19-26)34-21-31(12-15-33(34)29-6-7-29)40(43(56)46-23-38(52)48-36)49(2)39(53)24-47-41(54)30-8-4-27(5-9-30)28-10-13-32(44)14-11-28;1-2-3-4-5/h3-5,8-16,19,21,29,36,40,50H,6-7,17-18,20,22-24H2,1-2H3,(H,45,55)(H,46,56)(H,47,54)(H,48,52);2-5H2,1H3. The van der Waals surface area contributed by atoms with Gasteiger partial charge in [0.1, 0.15) is 30.2 Å². The Morgan fingerprint density at radius 3 is 2.21 bits per heavy atom. The number of amides is 5. The third-order valence-electron chi connectivity index (χ3n) is 10.4. The minimum atomic E-state index is -1.24. The van der Waals surface area contributed by atoms with Crippen molar-refractivity contribution in [3.8, 4) is 28.0 Å². The van der Waals surface area contributed by atoms with E-state index in [0.717, 1.165) is 41.6 Å². The average Bonchev–Trinajstić information content (AvgIpc) is 4.12. The van der Waals surface area contributed by atoms with Crippen LogP contribution in [0, 0.1) is 0 Å². The molecule has 0 radical (unpaired) electrons. The molecule has 1 saturated carbocycles. The number of likely N-dealkylation sites (N-methyl/N-ethyl adjacent to an activating group) is 1. The first-order valence-corrected chi connectivity index (χ1v) is 21.2. The van der Waals surface area contributed by atoms with Crippen molar-refractivity contribution in [3.05, 3.63) is 112 Å². The number of benzene rings is 4. The lowest BCUT2D eigenvalue weighted by Gasteiger charge is -2.29. The van der Waals surface area contributed by atoms with Gasteiger partial charge in [-0.3, -0.25) is 28.8 Å². The van der Waals surface area contributed by atoms with Gasteiger partial charge in [-0.25, -0.2) is 0 Å². The van der Waals surface area contributed by atoms with E-state index in [0.29, 0.717) is 33.0 Å². The Balaban J connectivity index is 0.00000137. The highest BCUT2D eigenvalue weighted by Crippen LogP contribution is 2.47. The quantitative estimate of drug-likeness (QED) is 0.106. The van der Waals surface area contributed by atoms with Gasteiger partial charge in [0.05, 0.1) is 26.2 Å². The van der Waals surface area contributed by atoms with Crippen molar-refractivity contribution in [1.82, 2.24) is 26.2 Å². The molecule has 4 aromatic rings. The van der Waals surface area contributed by atoms with Crippen LogP contribution >= 0.6 is 11.6 Å². The van der Waals surface area contributed by atoms with Gasteiger partial charge >= 0.3 is 0 Å². The van der Waals surface area contributed by atoms with Gasteiger partial charge in [-0.1, -0.05) is 67.4 Å². The highest BCUT2D eigenvalue weighted by molar-refractivity contribution is 6.30. The molecular weight excluding hydrogens is 812 g/mol. The molecule has 5 amide bonds. The van der Waals surface area contributed by atoms with Gasteiger partial charge in [0.25, 0.3) is 5.91 Å². The van der Waals surface area contributed by atoms with Crippen LogP contribution in [-0.2, 0) is 30.4 Å². The van der Waals surface area contributed by atoms with E-state index in [2.05, 4.69) is 28.2 Å². The van der Waals surface area contributed by atoms with Crippen molar-refractivity contribution < 1.29 is 38.6 Å². The number of nitrogens with two attached hydrogens (primary N) is 1. The number of Topliss-reactive ketones (excluding diaryl/α,β-unsaturated/α-hetero) is 1. The van der Waals surface area contributed by atoms with Crippen molar-refractivity contribution in [2.75, 3.05) is 46.4 Å². The second-order valence-electron chi connectivity index (χ2n) is 15.3. The summed E-state index contributed by atoms with van der Waals surface area (Å²) in [7, 11) is 1.45. The molecule has 62 heavy (non-hydrogen) atoms. The highest BCUT2D eigenvalue weighted by Gasteiger charge is 2.33. The molecule has 7 N–H and O–H groups in total. The summed E-state index contributed by atoms with van der Waals surface area (Å²) in [4.78, 5) is 80.4. The lowest BCUT2D eigenvalue weighted by atomic mass is 9.89. The molecule has 1 fully saturated rings. The van der Waals surface area contributed by atoms with Crippen LogP contribution in [0.4, 0.5) is 0 Å². The summed E-state index contributed by atoms with van der Waals surface area (Å²) in [5, 5.41) is 20.7. The lowest BCUT2D eigenvalue weighted by molar-refractivity contribution is -0.139. The van der Waals surface area contributed by atoms with Crippen molar-refractivity contribution in [1.29, 1.82) is 0 Å². The van der Waals surface area contributed by atoms with E-state index in [-0.39, 0.29) is 37.9 Å². The van der Waals surface area contributed by atoms with Crippen LogP contribution < -0.4 is 31.7 Å². The van der Waals surface area contributed by atoms with Crippen molar-refractivity contribution in [3.63, 3.8) is 0 Å². The second-order valence-corrected chi connectivity index (χ2v) is 15.7. The number of nitrogens with one attached hydrogen (secondary N) is 4. The zero-order chi connectivity index (χ0) is 44.8. The molecule has 1 aliphatic heterocycles. The maximum absolute atomic E-state index is 14.1. The predicted octanol–water partition coefficient (Wildman–Crippen LogP) is 4.46. The molecule has 2 unspecified atom stereocenters. The Hall–Kier alpha value is -6.09. The van der Waals surface area contributed by atoms with Gasteiger partial charge in [-0.15, -0.1) is 0 Å². The molecule has 0 saturated heterocycles. The zero-order valence-electron chi connectivity index (χ0n) is 35.3.